The van der Waals surface area contributed by atoms with Gasteiger partial charge < -0.3 is 20.4 Å². The number of piperidine rings is 3. The Morgan fingerprint density at radius 3 is 2.41 bits per heavy atom. The Bertz CT molecular complexity index is 698. The van der Waals surface area contributed by atoms with E-state index in [2.05, 4.69) is 67.7 Å². The number of aliphatic imine (C=N–C) groups is 1. The van der Waals surface area contributed by atoms with Crippen molar-refractivity contribution in [2.24, 2.45) is 4.99 Å². The van der Waals surface area contributed by atoms with Gasteiger partial charge in [0, 0.05) is 44.0 Å². The molecule has 0 spiro atoms. The highest BCUT2D eigenvalue weighted by molar-refractivity contribution is 14.0. The van der Waals surface area contributed by atoms with Crippen LogP contribution in [0.25, 0.3) is 0 Å². The molecular weight excluding hydrogens is 511 g/mol. The molecule has 3 heterocycles. The van der Waals surface area contributed by atoms with E-state index >= 15 is 0 Å². The van der Waals surface area contributed by atoms with E-state index in [9.17, 15) is 0 Å². The first-order valence-electron chi connectivity index (χ1n) is 12.4. The monoisotopic (exact) mass is 554 g/mol. The van der Waals surface area contributed by atoms with Gasteiger partial charge in [0.25, 0.3) is 0 Å². The number of anilines is 1. The van der Waals surface area contributed by atoms with Crippen molar-refractivity contribution in [3.8, 4) is 0 Å². The van der Waals surface area contributed by atoms with Crippen molar-refractivity contribution in [1.29, 1.82) is 0 Å². The molecule has 0 bridgehead atoms. The summed E-state index contributed by atoms with van der Waals surface area (Å²) in [7, 11) is 4.17. The van der Waals surface area contributed by atoms with Crippen molar-refractivity contribution in [2.75, 3.05) is 64.8 Å². The number of nitrogens with one attached hydrogen (secondary N) is 2. The van der Waals surface area contributed by atoms with Crippen LogP contribution in [-0.2, 0) is 0 Å². The number of halogens is 1. The summed E-state index contributed by atoms with van der Waals surface area (Å²) in [5.74, 6) is 0.968. The van der Waals surface area contributed by atoms with Gasteiger partial charge in [-0.2, -0.15) is 0 Å². The minimum absolute atomic E-state index is 0. The van der Waals surface area contributed by atoms with Gasteiger partial charge in [-0.3, -0.25) is 9.89 Å². The lowest BCUT2D eigenvalue weighted by molar-refractivity contribution is 0.0173. The molecule has 0 saturated carbocycles. The molecule has 3 saturated heterocycles. The molecule has 1 unspecified atom stereocenters. The zero-order valence-electron chi connectivity index (χ0n) is 20.1. The highest BCUT2D eigenvalue weighted by atomic mass is 127. The van der Waals surface area contributed by atoms with Crippen LogP contribution in [0.1, 0.15) is 44.9 Å². The summed E-state index contributed by atoms with van der Waals surface area (Å²) in [6, 6.07) is 11.2. The van der Waals surface area contributed by atoms with Gasteiger partial charge in [0.2, 0.25) is 0 Å². The molecule has 0 amide bonds. The van der Waals surface area contributed by atoms with Gasteiger partial charge in [-0.15, -0.1) is 24.0 Å². The molecule has 6 nitrogen and oxygen atoms in total. The number of rotatable bonds is 5. The average molecular weight is 555 g/mol. The molecule has 4 rings (SSSR count). The summed E-state index contributed by atoms with van der Waals surface area (Å²) in [6.45, 7) is 8.07. The normalized spacial score (nSPS) is 25.1. The quantitative estimate of drug-likeness (QED) is 0.332. The van der Waals surface area contributed by atoms with Crippen LogP contribution in [-0.4, -0.2) is 87.2 Å². The van der Waals surface area contributed by atoms with E-state index in [1.165, 1.54) is 76.8 Å². The van der Waals surface area contributed by atoms with E-state index in [1.54, 1.807) is 0 Å². The second-order valence-corrected chi connectivity index (χ2v) is 9.77. The van der Waals surface area contributed by atoms with Crippen LogP contribution in [0.3, 0.4) is 0 Å². The Labute approximate surface area is 212 Å². The maximum Gasteiger partial charge on any atom is 0.191 e. The van der Waals surface area contributed by atoms with Crippen LogP contribution >= 0.6 is 24.0 Å². The van der Waals surface area contributed by atoms with Crippen LogP contribution in [0, 0.1) is 0 Å². The minimum atomic E-state index is 0. The number of hydrogen-bond donors (Lipinski definition) is 2. The third-order valence-electron chi connectivity index (χ3n) is 7.64. The molecule has 180 valence electrons. The van der Waals surface area contributed by atoms with Crippen LogP contribution in [0.2, 0.25) is 0 Å². The van der Waals surface area contributed by atoms with Gasteiger partial charge in [-0.1, -0.05) is 24.6 Å². The van der Waals surface area contributed by atoms with Gasteiger partial charge in [0.15, 0.2) is 5.96 Å². The van der Waals surface area contributed by atoms with Crippen molar-refractivity contribution < 1.29 is 0 Å². The first-order valence-corrected chi connectivity index (χ1v) is 12.4. The zero-order valence-corrected chi connectivity index (χ0v) is 22.4. The number of guanidine groups is 1. The molecule has 32 heavy (non-hydrogen) atoms. The fourth-order valence-corrected chi connectivity index (χ4v) is 5.61. The van der Waals surface area contributed by atoms with E-state index in [0.717, 1.165) is 25.6 Å². The van der Waals surface area contributed by atoms with Crippen molar-refractivity contribution in [2.45, 2.75) is 56.5 Å². The molecule has 3 aliphatic rings. The van der Waals surface area contributed by atoms with Crippen molar-refractivity contribution in [3.63, 3.8) is 0 Å². The Morgan fingerprint density at radius 2 is 1.72 bits per heavy atom. The third-order valence-corrected chi connectivity index (χ3v) is 7.64. The number of benzene rings is 1. The average Bonchev–Trinajstić information content (AvgIpc) is 2.84. The van der Waals surface area contributed by atoms with E-state index in [0.29, 0.717) is 6.04 Å². The van der Waals surface area contributed by atoms with E-state index in [-0.39, 0.29) is 29.5 Å². The van der Waals surface area contributed by atoms with Gasteiger partial charge in [-0.25, -0.2) is 0 Å². The Balaban J connectivity index is 0.00000289. The first kappa shape index (κ1) is 25.6. The highest BCUT2D eigenvalue weighted by Gasteiger charge is 2.39. The van der Waals surface area contributed by atoms with Crippen LogP contribution < -0.4 is 15.5 Å². The molecule has 0 aliphatic carbocycles. The maximum absolute atomic E-state index is 4.60. The van der Waals surface area contributed by atoms with E-state index < -0.39 is 0 Å². The summed E-state index contributed by atoms with van der Waals surface area (Å²) in [5, 5.41) is 7.50. The molecule has 7 heteroatoms. The van der Waals surface area contributed by atoms with Crippen LogP contribution in [0.5, 0.6) is 0 Å². The number of nitrogens with zero attached hydrogens (tertiary/aromatic N) is 4. The molecule has 0 radical (unpaired) electrons. The predicted octanol–water partition coefficient (Wildman–Crippen LogP) is 3.39. The summed E-state index contributed by atoms with van der Waals surface area (Å²) in [6.07, 6.45) is 9.00. The van der Waals surface area contributed by atoms with Crippen LogP contribution in [0.4, 0.5) is 5.69 Å². The lowest BCUT2D eigenvalue weighted by Crippen LogP contribution is -2.62. The molecule has 1 aromatic carbocycles. The molecule has 0 aromatic heterocycles. The molecule has 3 fully saturated rings. The first-order chi connectivity index (χ1) is 15.2. The Hall–Kier alpha value is -1.06. The topological polar surface area (TPSA) is 46.1 Å². The van der Waals surface area contributed by atoms with Gasteiger partial charge in [-0.05, 0) is 83.9 Å². The van der Waals surface area contributed by atoms with Gasteiger partial charge >= 0.3 is 0 Å². The molecule has 2 N–H and O–H groups in total. The third kappa shape index (κ3) is 6.50. The Morgan fingerprint density at radius 1 is 1.00 bits per heavy atom. The predicted molar refractivity (Wildman–Crippen MR) is 146 cm³/mol. The summed E-state index contributed by atoms with van der Waals surface area (Å²) >= 11 is 0. The van der Waals surface area contributed by atoms with Crippen molar-refractivity contribution >= 4 is 35.6 Å². The number of likely N-dealkylation sites (tertiary alicyclic amines) is 2. The number of hydrogen-bond acceptors (Lipinski definition) is 4. The molecule has 1 aromatic rings. The van der Waals surface area contributed by atoms with Gasteiger partial charge in [0.05, 0.1) is 0 Å². The second kappa shape index (κ2) is 12.4. The van der Waals surface area contributed by atoms with E-state index in [1.807, 2.05) is 7.05 Å². The summed E-state index contributed by atoms with van der Waals surface area (Å²) in [4.78, 5) is 12.4. The fraction of sp³-hybridized carbons (Fsp3) is 0.720. The van der Waals surface area contributed by atoms with E-state index in [4.69, 9.17) is 0 Å². The van der Waals surface area contributed by atoms with Crippen molar-refractivity contribution in [3.05, 3.63) is 30.3 Å². The summed E-state index contributed by atoms with van der Waals surface area (Å²) < 4.78 is 0. The highest BCUT2D eigenvalue weighted by Crippen LogP contribution is 2.31. The zero-order chi connectivity index (χ0) is 21.5. The van der Waals surface area contributed by atoms with Gasteiger partial charge in [0.1, 0.15) is 0 Å². The molecular formula is C25H43IN6. The lowest BCUT2D eigenvalue weighted by atomic mass is 9.84. The molecule has 1 atom stereocenters. The minimum Gasteiger partial charge on any atom is -0.369 e. The Kier molecular flexibility index (Phi) is 9.92. The second-order valence-electron chi connectivity index (χ2n) is 9.77. The fourth-order valence-electron chi connectivity index (χ4n) is 5.61. The maximum atomic E-state index is 4.60. The smallest absolute Gasteiger partial charge is 0.191 e. The molecule has 3 aliphatic heterocycles. The van der Waals surface area contributed by atoms with Crippen LogP contribution in [0.15, 0.2) is 35.3 Å². The lowest BCUT2D eigenvalue weighted by Gasteiger charge is -2.50. The largest absolute Gasteiger partial charge is 0.369 e. The number of para-hydroxylation sites is 1. The summed E-state index contributed by atoms with van der Waals surface area (Å²) in [5.41, 5.74) is 1.60. The van der Waals surface area contributed by atoms with Crippen molar-refractivity contribution in [1.82, 2.24) is 20.4 Å². The standard InChI is InChI=1S/C25H42N6.HI/c1-26-24(28-22-10-9-15-30(20-22)23-11-5-3-6-12-23)27-21-25(13-18-29(2)19-14-25)31-16-7-4-8-17-31;/h3,5-6,11-12,22H,4,7-10,13-21H2,1-2H3,(H2,26,27,28);1H. The SMILES string of the molecule is CN=C(NCC1(N2CCCCC2)CCN(C)CC1)NC1CCCN(c2ccccc2)C1.I.